The SMILES string of the molecule is COC(=O)c1cc2ccccc2cc1NC(=O)c1cc(F)c(F)c(F)c1. The van der Waals surface area contributed by atoms with E-state index >= 15 is 0 Å². The van der Waals surface area contributed by atoms with E-state index in [1.54, 1.807) is 24.3 Å². The van der Waals surface area contributed by atoms with Crippen LogP contribution in [0.4, 0.5) is 18.9 Å². The Bertz CT molecular complexity index is 1010. The highest BCUT2D eigenvalue weighted by molar-refractivity contribution is 6.10. The zero-order chi connectivity index (χ0) is 18.8. The molecule has 0 aliphatic rings. The van der Waals surface area contributed by atoms with E-state index in [9.17, 15) is 22.8 Å². The highest BCUT2D eigenvalue weighted by Crippen LogP contribution is 2.26. The van der Waals surface area contributed by atoms with Crippen LogP contribution in [0.3, 0.4) is 0 Å². The van der Waals surface area contributed by atoms with E-state index in [0.29, 0.717) is 12.1 Å². The fourth-order valence-electron chi connectivity index (χ4n) is 2.50. The predicted molar refractivity (Wildman–Crippen MR) is 89.6 cm³/mol. The van der Waals surface area contributed by atoms with Gasteiger partial charge in [-0.1, -0.05) is 24.3 Å². The average Bonchev–Trinajstić information content (AvgIpc) is 2.64. The van der Waals surface area contributed by atoms with Gasteiger partial charge in [-0.05, 0) is 35.0 Å². The molecule has 0 fully saturated rings. The summed E-state index contributed by atoms with van der Waals surface area (Å²) >= 11 is 0. The summed E-state index contributed by atoms with van der Waals surface area (Å²) in [6.07, 6.45) is 0. The van der Waals surface area contributed by atoms with Gasteiger partial charge in [-0.25, -0.2) is 18.0 Å². The van der Waals surface area contributed by atoms with Crippen LogP contribution in [0.5, 0.6) is 0 Å². The first-order valence-electron chi connectivity index (χ1n) is 7.47. The van der Waals surface area contributed by atoms with Crippen molar-refractivity contribution in [2.24, 2.45) is 0 Å². The Balaban J connectivity index is 2.04. The molecule has 0 spiro atoms. The number of carbonyl (C=O) groups excluding carboxylic acids is 2. The lowest BCUT2D eigenvalue weighted by Gasteiger charge is -2.12. The molecule has 0 aliphatic carbocycles. The van der Waals surface area contributed by atoms with Crippen molar-refractivity contribution in [3.63, 3.8) is 0 Å². The van der Waals surface area contributed by atoms with E-state index in [-0.39, 0.29) is 11.3 Å². The van der Waals surface area contributed by atoms with Crippen LogP contribution in [0.15, 0.2) is 48.5 Å². The van der Waals surface area contributed by atoms with E-state index in [2.05, 4.69) is 5.32 Å². The molecule has 4 nitrogen and oxygen atoms in total. The summed E-state index contributed by atoms with van der Waals surface area (Å²) in [6.45, 7) is 0. The van der Waals surface area contributed by atoms with Gasteiger partial charge in [-0.15, -0.1) is 0 Å². The summed E-state index contributed by atoms with van der Waals surface area (Å²) in [5.41, 5.74) is -0.251. The summed E-state index contributed by atoms with van der Waals surface area (Å²) in [7, 11) is 1.19. The van der Waals surface area contributed by atoms with Crippen molar-refractivity contribution < 1.29 is 27.5 Å². The maximum absolute atomic E-state index is 13.3. The molecule has 3 aromatic carbocycles. The van der Waals surface area contributed by atoms with Crippen molar-refractivity contribution in [2.45, 2.75) is 0 Å². The Kier molecular flexibility index (Phi) is 4.62. The van der Waals surface area contributed by atoms with E-state index in [4.69, 9.17) is 4.74 Å². The van der Waals surface area contributed by atoms with E-state index < -0.39 is 34.9 Å². The van der Waals surface area contributed by atoms with Crippen molar-refractivity contribution in [1.29, 1.82) is 0 Å². The second-order valence-corrected chi connectivity index (χ2v) is 5.44. The molecule has 132 valence electrons. The quantitative estimate of drug-likeness (QED) is 0.560. The fraction of sp³-hybridized carbons (Fsp3) is 0.0526. The molecule has 1 N–H and O–H groups in total. The van der Waals surface area contributed by atoms with Crippen LogP contribution in [0.1, 0.15) is 20.7 Å². The lowest BCUT2D eigenvalue weighted by molar-refractivity contribution is 0.0602. The molecule has 0 aromatic heterocycles. The van der Waals surface area contributed by atoms with Gasteiger partial charge in [0.15, 0.2) is 17.5 Å². The summed E-state index contributed by atoms with van der Waals surface area (Å²) in [5, 5.41) is 3.88. The number of hydrogen-bond acceptors (Lipinski definition) is 3. The number of methoxy groups -OCH3 is 1. The molecule has 0 saturated carbocycles. The van der Waals surface area contributed by atoms with Gasteiger partial charge in [0.1, 0.15) is 0 Å². The van der Waals surface area contributed by atoms with Crippen LogP contribution < -0.4 is 5.32 Å². The van der Waals surface area contributed by atoms with Crippen LogP contribution >= 0.6 is 0 Å². The second kappa shape index (κ2) is 6.87. The Labute approximate surface area is 146 Å². The molecular formula is C19H12F3NO3. The minimum Gasteiger partial charge on any atom is -0.465 e. The molecular weight excluding hydrogens is 347 g/mol. The minimum atomic E-state index is -1.66. The van der Waals surface area contributed by atoms with Gasteiger partial charge in [-0.2, -0.15) is 0 Å². The number of benzene rings is 3. The van der Waals surface area contributed by atoms with Crippen molar-refractivity contribution in [3.8, 4) is 0 Å². The number of fused-ring (bicyclic) bond motifs is 1. The number of nitrogens with one attached hydrogen (secondary N) is 1. The lowest BCUT2D eigenvalue weighted by Crippen LogP contribution is -2.16. The molecule has 3 aromatic rings. The van der Waals surface area contributed by atoms with Crippen molar-refractivity contribution in [3.05, 3.63) is 77.1 Å². The number of halogens is 3. The van der Waals surface area contributed by atoms with Crippen LogP contribution in [0, 0.1) is 17.5 Å². The highest BCUT2D eigenvalue weighted by Gasteiger charge is 2.19. The number of rotatable bonds is 3. The summed E-state index contributed by atoms with van der Waals surface area (Å²) in [6, 6.07) is 11.3. The van der Waals surface area contributed by atoms with Crippen molar-refractivity contribution in [1.82, 2.24) is 0 Å². The third-order valence-corrected chi connectivity index (χ3v) is 3.79. The maximum atomic E-state index is 13.3. The van der Waals surface area contributed by atoms with Gasteiger partial charge in [0.2, 0.25) is 0 Å². The molecule has 0 heterocycles. The number of esters is 1. The third kappa shape index (κ3) is 3.23. The number of amides is 1. The molecule has 7 heteroatoms. The van der Waals surface area contributed by atoms with Crippen molar-refractivity contribution in [2.75, 3.05) is 12.4 Å². The molecule has 0 atom stereocenters. The molecule has 1 amide bonds. The molecule has 0 saturated heterocycles. The standard InChI is InChI=1S/C19H12F3NO3/c1-26-19(25)13-6-10-4-2-3-5-11(10)9-16(13)23-18(24)12-7-14(20)17(22)15(21)8-12/h2-9H,1H3,(H,23,24). The number of carbonyl (C=O) groups is 2. The van der Waals surface area contributed by atoms with Gasteiger partial charge in [-0.3, -0.25) is 4.79 Å². The number of ether oxygens (including phenoxy) is 1. The van der Waals surface area contributed by atoms with Crippen LogP contribution in [0.25, 0.3) is 10.8 Å². The zero-order valence-electron chi connectivity index (χ0n) is 13.5. The first-order chi connectivity index (χ1) is 12.4. The van der Waals surface area contributed by atoms with Gasteiger partial charge < -0.3 is 10.1 Å². The Morgan fingerprint density at radius 1 is 0.923 bits per heavy atom. The first kappa shape index (κ1) is 17.5. The van der Waals surface area contributed by atoms with E-state index in [1.807, 2.05) is 0 Å². The topological polar surface area (TPSA) is 55.4 Å². The minimum absolute atomic E-state index is 0.0719. The van der Waals surface area contributed by atoms with Gasteiger partial charge in [0.25, 0.3) is 5.91 Å². The highest BCUT2D eigenvalue weighted by atomic mass is 19.2. The summed E-state index contributed by atoms with van der Waals surface area (Å²) in [4.78, 5) is 24.3. The monoisotopic (exact) mass is 359 g/mol. The smallest absolute Gasteiger partial charge is 0.339 e. The van der Waals surface area contributed by atoms with E-state index in [0.717, 1.165) is 10.8 Å². The second-order valence-electron chi connectivity index (χ2n) is 5.44. The average molecular weight is 359 g/mol. The zero-order valence-corrected chi connectivity index (χ0v) is 13.5. The van der Waals surface area contributed by atoms with Gasteiger partial charge in [0, 0.05) is 5.56 Å². The molecule has 0 aliphatic heterocycles. The molecule has 0 radical (unpaired) electrons. The third-order valence-electron chi connectivity index (χ3n) is 3.79. The molecule has 0 unspecified atom stereocenters. The van der Waals surface area contributed by atoms with E-state index in [1.165, 1.54) is 19.2 Å². The Morgan fingerprint density at radius 2 is 1.50 bits per heavy atom. The normalized spacial score (nSPS) is 10.6. The first-order valence-corrected chi connectivity index (χ1v) is 7.47. The molecule has 0 bridgehead atoms. The fourth-order valence-corrected chi connectivity index (χ4v) is 2.50. The Morgan fingerprint density at radius 3 is 2.08 bits per heavy atom. The number of hydrogen-bond donors (Lipinski definition) is 1. The number of anilines is 1. The lowest BCUT2D eigenvalue weighted by atomic mass is 10.0. The summed E-state index contributed by atoms with van der Waals surface area (Å²) in [5.74, 6) is -6.23. The van der Waals surface area contributed by atoms with Crippen molar-refractivity contribution >= 4 is 28.3 Å². The molecule has 3 rings (SSSR count). The summed E-state index contributed by atoms with van der Waals surface area (Å²) < 4.78 is 44.4. The predicted octanol–water partition coefficient (Wildman–Crippen LogP) is 4.30. The van der Waals surface area contributed by atoms with Gasteiger partial charge in [0.05, 0.1) is 18.4 Å². The Hall–Kier alpha value is -3.35. The van der Waals surface area contributed by atoms with Crippen LogP contribution in [0.2, 0.25) is 0 Å². The maximum Gasteiger partial charge on any atom is 0.339 e. The van der Waals surface area contributed by atoms with Crippen LogP contribution in [-0.2, 0) is 4.74 Å². The largest absolute Gasteiger partial charge is 0.465 e. The van der Waals surface area contributed by atoms with Crippen LogP contribution in [-0.4, -0.2) is 19.0 Å². The van der Waals surface area contributed by atoms with Gasteiger partial charge >= 0.3 is 5.97 Å². The molecule has 26 heavy (non-hydrogen) atoms.